The summed E-state index contributed by atoms with van der Waals surface area (Å²) in [5, 5.41) is 4.43. The highest BCUT2D eigenvalue weighted by molar-refractivity contribution is 6.00. The van der Waals surface area contributed by atoms with Gasteiger partial charge < -0.3 is 24.1 Å². The molecule has 0 saturated carbocycles. The molecule has 2 heterocycles. The third kappa shape index (κ3) is 2.22. The zero-order valence-corrected chi connectivity index (χ0v) is 13.5. The second kappa shape index (κ2) is 5.93. The number of hydrogen-bond acceptors (Lipinski definition) is 4. The fourth-order valence-corrected chi connectivity index (χ4v) is 3.12. The molecule has 1 N–H and O–H groups in total. The van der Waals surface area contributed by atoms with Gasteiger partial charge in [-0.1, -0.05) is 6.08 Å². The smallest absolute Gasteiger partial charge is 0.204 e. The van der Waals surface area contributed by atoms with Gasteiger partial charge in [-0.05, 0) is 18.5 Å². The highest BCUT2D eigenvalue weighted by Crippen LogP contribution is 2.46. The third-order valence-electron chi connectivity index (χ3n) is 4.19. The number of aryl methyl sites for hydroxylation is 1. The van der Waals surface area contributed by atoms with Crippen LogP contribution in [0.15, 0.2) is 18.3 Å². The minimum Gasteiger partial charge on any atom is -0.493 e. The van der Waals surface area contributed by atoms with Gasteiger partial charge in [0.25, 0.3) is 0 Å². The van der Waals surface area contributed by atoms with E-state index in [2.05, 4.69) is 22.2 Å². The van der Waals surface area contributed by atoms with Gasteiger partial charge in [0.05, 0.1) is 32.2 Å². The molecule has 0 fully saturated rings. The summed E-state index contributed by atoms with van der Waals surface area (Å²) in [6.45, 7) is 1.90. The highest BCUT2D eigenvalue weighted by Gasteiger charge is 2.22. The van der Waals surface area contributed by atoms with Crippen LogP contribution in [0.1, 0.15) is 12.0 Å². The van der Waals surface area contributed by atoms with Crippen LogP contribution in [0, 0.1) is 0 Å². The summed E-state index contributed by atoms with van der Waals surface area (Å²) in [7, 11) is 6.99. The summed E-state index contributed by atoms with van der Waals surface area (Å²) >= 11 is 0. The van der Waals surface area contributed by atoms with Crippen molar-refractivity contribution >= 4 is 16.5 Å². The number of fused-ring (bicyclic) bond motifs is 1. The molecule has 22 heavy (non-hydrogen) atoms. The number of aromatic nitrogens is 1. The van der Waals surface area contributed by atoms with E-state index in [9.17, 15) is 0 Å². The molecule has 0 amide bonds. The predicted molar refractivity (Wildman–Crippen MR) is 88.0 cm³/mol. The number of ether oxygens (including phenoxy) is 3. The number of rotatable bonds is 4. The van der Waals surface area contributed by atoms with Gasteiger partial charge in [-0.2, -0.15) is 0 Å². The number of benzene rings is 1. The summed E-state index contributed by atoms with van der Waals surface area (Å²) < 4.78 is 18.8. The lowest BCUT2D eigenvalue weighted by atomic mass is 9.99. The van der Waals surface area contributed by atoms with Crippen LogP contribution in [0.5, 0.6) is 17.2 Å². The van der Waals surface area contributed by atoms with E-state index in [-0.39, 0.29) is 0 Å². The Kier molecular flexibility index (Phi) is 3.98. The van der Waals surface area contributed by atoms with Crippen molar-refractivity contribution in [2.75, 3.05) is 34.4 Å². The molecule has 1 aliphatic rings. The summed E-state index contributed by atoms with van der Waals surface area (Å²) in [4.78, 5) is 0. The molecule has 5 nitrogen and oxygen atoms in total. The topological polar surface area (TPSA) is 44.7 Å². The summed E-state index contributed by atoms with van der Waals surface area (Å²) in [5.74, 6) is 2.05. The van der Waals surface area contributed by atoms with Crippen molar-refractivity contribution in [3.05, 3.63) is 23.9 Å². The molecule has 5 heteroatoms. The molecule has 118 valence electrons. The molecule has 0 aliphatic carbocycles. The maximum Gasteiger partial charge on any atom is 0.204 e. The number of nitrogens with zero attached hydrogens (tertiary/aromatic N) is 1. The Morgan fingerprint density at radius 3 is 2.45 bits per heavy atom. The monoisotopic (exact) mass is 302 g/mol. The fraction of sp³-hybridized carbons (Fsp3) is 0.412. The quantitative estimate of drug-likeness (QED) is 0.943. The molecular weight excluding hydrogens is 280 g/mol. The third-order valence-corrected chi connectivity index (χ3v) is 4.19. The normalized spacial score (nSPS) is 14.8. The lowest BCUT2D eigenvalue weighted by Crippen LogP contribution is -2.19. The van der Waals surface area contributed by atoms with Crippen molar-refractivity contribution in [1.29, 1.82) is 0 Å². The van der Waals surface area contributed by atoms with Crippen molar-refractivity contribution < 1.29 is 14.2 Å². The van der Waals surface area contributed by atoms with E-state index in [4.69, 9.17) is 14.2 Å². The van der Waals surface area contributed by atoms with Crippen LogP contribution in [-0.2, 0) is 7.05 Å². The van der Waals surface area contributed by atoms with Crippen LogP contribution in [0.4, 0.5) is 0 Å². The zero-order valence-electron chi connectivity index (χ0n) is 13.5. The van der Waals surface area contributed by atoms with E-state index in [1.54, 1.807) is 21.3 Å². The van der Waals surface area contributed by atoms with Crippen molar-refractivity contribution in [2.24, 2.45) is 7.05 Å². The van der Waals surface area contributed by atoms with Gasteiger partial charge in [0.1, 0.15) is 0 Å². The SMILES string of the molecule is COc1cc2c(c(C3=CCNCC3)cn2C)c(OC)c1OC. The van der Waals surface area contributed by atoms with Crippen LogP contribution in [-0.4, -0.2) is 39.0 Å². The Bertz CT molecular complexity index is 731. The molecule has 2 aromatic rings. The largest absolute Gasteiger partial charge is 0.493 e. The van der Waals surface area contributed by atoms with E-state index < -0.39 is 0 Å². The van der Waals surface area contributed by atoms with E-state index >= 15 is 0 Å². The average molecular weight is 302 g/mol. The van der Waals surface area contributed by atoms with Crippen LogP contribution in [0.2, 0.25) is 0 Å². The second-order valence-electron chi connectivity index (χ2n) is 5.38. The predicted octanol–water partition coefficient (Wildman–Crippen LogP) is 2.58. The molecule has 0 unspecified atom stereocenters. The Morgan fingerprint density at radius 2 is 1.86 bits per heavy atom. The van der Waals surface area contributed by atoms with Gasteiger partial charge >= 0.3 is 0 Å². The Balaban J connectivity index is 2.33. The van der Waals surface area contributed by atoms with Gasteiger partial charge in [-0.25, -0.2) is 0 Å². The van der Waals surface area contributed by atoms with E-state index in [1.807, 2.05) is 13.1 Å². The summed E-state index contributed by atoms with van der Waals surface area (Å²) in [6.07, 6.45) is 5.41. The molecule has 1 aromatic carbocycles. The Hall–Kier alpha value is -2.14. The first-order valence-electron chi connectivity index (χ1n) is 7.39. The average Bonchev–Trinajstić information content (AvgIpc) is 2.90. The standard InChI is InChI=1S/C17H22N2O3/c1-19-10-12(11-5-7-18-8-6-11)15-13(19)9-14(20-2)16(21-3)17(15)22-4/h5,9-10,18H,6-8H2,1-4H3. The first kappa shape index (κ1) is 14.8. The number of methoxy groups -OCH3 is 3. The van der Waals surface area contributed by atoms with Crippen molar-refractivity contribution in [3.8, 4) is 17.2 Å². The molecule has 0 radical (unpaired) electrons. The Morgan fingerprint density at radius 1 is 1.09 bits per heavy atom. The van der Waals surface area contributed by atoms with Gasteiger partial charge in [-0.3, -0.25) is 0 Å². The fourth-order valence-electron chi connectivity index (χ4n) is 3.12. The van der Waals surface area contributed by atoms with Crippen LogP contribution in [0.25, 0.3) is 16.5 Å². The number of nitrogens with one attached hydrogen (secondary N) is 1. The van der Waals surface area contributed by atoms with Crippen LogP contribution >= 0.6 is 0 Å². The first-order valence-corrected chi connectivity index (χ1v) is 7.39. The highest BCUT2D eigenvalue weighted by atomic mass is 16.5. The minimum atomic E-state index is 0.638. The van der Waals surface area contributed by atoms with Crippen molar-refractivity contribution in [2.45, 2.75) is 6.42 Å². The minimum absolute atomic E-state index is 0.638. The molecule has 0 bridgehead atoms. The lowest BCUT2D eigenvalue weighted by Gasteiger charge is -2.16. The van der Waals surface area contributed by atoms with Crippen LogP contribution < -0.4 is 19.5 Å². The number of hydrogen-bond donors (Lipinski definition) is 1. The van der Waals surface area contributed by atoms with Crippen molar-refractivity contribution in [3.63, 3.8) is 0 Å². The second-order valence-corrected chi connectivity index (χ2v) is 5.38. The molecule has 1 aromatic heterocycles. The van der Waals surface area contributed by atoms with E-state index in [0.717, 1.165) is 36.2 Å². The van der Waals surface area contributed by atoms with Crippen LogP contribution in [0.3, 0.4) is 0 Å². The maximum atomic E-state index is 5.68. The van der Waals surface area contributed by atoms with E-state index in [1.165, 1.54) is 11.1 Å². The van der Waals surface area contributed by atoms with Gasteiger partial charge in [0.2, 0.25) is 5.75 Å². The lowest BCUT2D eigenvalue weighted by molar-refractivity contribution is 0.327. The van der Waals surface area contributed by atoms with E-state index in [0.29, 0.717) is 11.5 Å². The van der Waals surface area contributed by atoms with Crippen molar-refractivity contribution in [1.82, 2.24) is 9.88 Å². The van der Waals surface area contributed by atoms with Gasteiger partial charge in [0, 0.05) is 31.4 Å². The first-order chi connectivity index (χ1) is 10.7. The Labute approximate surface area is 130 Å². The molecule has 0 saturated heterocycles. The molecule has 3 rings (SSSR count). The summed E-state index contributed by atoms with van der Waals surface area (Å²) in [5.41, 5.74) is 3.62. The molecule has 0 spiro atoms. The van der Waals surface area contributed by atoms with Gasteiger partial charge in [0.15, 0.2) is 11.5 Å². The molecular formula is C17H22N2O3. The zero-order chi connectivity index (χ0) is 15.7. The van der Waals surface area contributed by atoms with Gasteiger partial charge in [-0.15, -0.1) is 0 Å². The maximum absolute atomic E-state index is 5.68. The summed E-state index contributed by atoms with van der Waals surface area (Å²) in [6, 6.07) is 2.00. The molecule has 0 atom stereocenters. The molecule has 1 aliphatic heterocycles.